The predicted molar refractivity (Wildman–Crippen MR) is 248 cm³/mol. The minimum absolute atomic E-state index is 0.0838. The van der Waals surface area contributed by atoms with Gasteiger partial charge in [0.25, 0.3) is 0 Å². The number of anilines is 6. The van der Waals surface area contributed by atoms with E-state index in [1.807, 2.05) is 72.8 Å². The standard InChI is InChI=1S/C54H37N3S/c1-5-16-40(17-6-1)55(41-18-7-2-8-19-41)44-24-15-25-45(36-44)56(42-20-9-3-10-21-42)46-30-32-49-48-31-28-39(35-53(48)58-54(49)37-46)38-29-33-52-50(34-38)47-26-13-14-27-51(47)57(52)43-22-11-4-12-23-43/h1-37H/i1D,5D,6D,16D,17D. The normalized spacial score (nSPS) is 12.7. The molecule has 274 valence electrons. The van der Waals surface area contributed by atoms with Crippen LogP contribution in [0.2, 0.25) is 0 Å². The molecule has 9 aromatic carbocycles. The van der Waals surface area contributed by atoms with Crippen LogP contribution in [-0.2, 0) is 0 Å². The van der Waals surface area contributed by atoms with Crippen LogP contribution in [0, 0.1) is 0 Å². The first-order valence-electron chi connectivity index (χ1n) is 21.8. The molecule has 0 fully saturated rings. The molecule has 2 heterocycles. The summed E-state index contributed by atoms with van der Waals surface area (Å²) < 4.78 is 47.8. The van der Waals surface area contributed by atoms with Crippen LogP contribution in [0.5, 0.6) is 0 Å². The van der Waals surface area contributed by atoms with Crippen molar-refractivity contribution >= 4 is 87.4 Å². The summed E-state index contributed by atoms with van der Waals surface area (Å²) in [5.74, 6) is 0. The van der Waals surface area contributed by atoms with Crippen molar-refractivity contribution in [2.45, 2.75) is 0 Å². The van der Waals surface area contributed by atoms with Gasteiger partial charge in [-0.1, -0.05) is 121 Å². The summed E-state index contributed by atoms with van der Waals surface area (Å²) in [6, 6.07) is 65.1. The van der Waals surface area contributed by atoms with Gasteiger partial charge in [0.2, 0.25) is 0 Å². The summed E-state index contributed by atoms with van der Waals surface area (Å²) in [6.45, 7) is 0. The molecule has 0 saturated heterocycles. The van der Waals surface area contributed by atoms with Gasteiger partial charge in [0, 0.05) is 70.8 Å². The molecule has 0 atom stereocenters. The van der Waals surface area contributed by atoms with Crippen LogP contribution >= 0.6 is 11.3 Å². The smallest absolute Gasteiger partial charge is 0.0645 e. The molecule has 0 aliphatic rings. The van der Waals surface area contributed by atoms with Crippen molar-refractivity contribution in [2.24, 2.45) is 0 Å². The summed E-state index contributed by atoms with van der Waals surface area (Å²) in [5, 5.41) is 4.84. The number of benzene rings is 9. The first-order valence-corrected chi connectivity index (χ1v) is 20.1. The quantitative estimate of drug-likeness (QED) is 0.153. The minimum atomic E-state index is -0.427. The van der Waals surface area contributed by atoms with Crippen molar-refractivity contribution in [3.05, 3.63) is 224 Å². The highest BCUT2D eigenvalue weighted by atomic mass is 32.1. The average molecular weight is 765 g/mol. The Morgan fingerprint density at radius 1 is 0.362 bits per heavy atom. The van der Waals surface area contributed by atoms with Gasteiger partial charge < -0.3 is 14.4 Å². The van der Waals surface area contributed by atoms with Crippen molar-refractivity contribution < 1.29 is 6.85 Å². The lowest BCUT2D eigenvalue weighted by molar-refractivity contribution is 1.18. The molecule has 0 amide bonds. The predicted octanol–water partition coefficient (Wildman–Crippen LogP) is 15.8. The number of hydrogen-bond acceptors (Lipinski definition) is 3. The zero-order chi connectivity index (χ0) is 42.8. The lowest BCUT2D eigenvalue weighted by Gasteiger charge is -2.29. The van der Waals surface area contributed by atoms with Crippen molar-refractivity contribution in [2.75, 3.05) is 9.80 Å². The fourth-order valence-corrected chi connectivity index (χ4v) is 9.41. The molecule has 0 radical (unpaired) electrons. The van der Waals surface area contributed by atoms with Crippen molar-refractivity contribution in [3.63, 3.8) is 0 Å². The van der Waals surface area contributed by atoms with Crippen LogP contribution in [0.25, 0.3) is 58.8 Å². The topological polar surface area (TPSA) is 11.4 Å². The average Bonchev–Trinajstić information content (AvgIpc) is 3.87. The summed E-state index contributed by atoms with van der Waals surface area (Å²) in [7, 11) is 0. The van der Waals surface area contributed by atoms with E-state index in [0.717, 1.165) is 33.0 Å². The second-order valence-corrected chi connectivity index (χ2v) is 15.3. The Kier molecular flexibility index (Phi) is 7.12. The summed E-state index contributed by atoms with van der Waals surface area (Å²) in [4.78, 5) is 3.95. The molecule has 3 nitrogen and oxygen atoms in total. The number of aromatic nitrogens is 1. The largest absolute Gasteiger partial charge is 0.310 e. The van der Waals surface area contributed by atoms with Crippen molar-refractivity contribution in [3.8, 4) is 16.8 Å². The van der Waals surface area contributed by atoms with Crippen LogP contribution in [0.15, 0.2) is 224 Å². The van der Waals surface area contributed by atoms with Gasteiger partial charge in [0.1, 0.15) is 0 Å². The molecule has 0 spiro atoms. The zero-order valence-electron chi connectivity index (χ0n) is 36.2. The highest BCUT2D eigenvalue weighted by Gasteiger charge is 2.19. The number of hydrogen-bond donors (Lipinski definition) is 0. The van der Waals surface area contributed by atoms with E-state index in [2.05, 4.69) is 131 Å². The maximum Gasteiger partial charge on any atom is 0.0645 e. The molecule has 0 aliphatic carbocycles. The Morgan fingerprint density at radius 3 is 1.62 bits per heavy atom. The zero-order valence-corrected chi connectivity index (χ0v) is 32.0. The Bertz CT molecular complexity index is 3500. The number of fused-ring (bicyclic) bond motifs is 6. The number of thiophene rings is 1. The summed E-state index contributed by atoms with van der Waals surface area (Å²) in [6.07, 6.45) is 0. The van der Waals surface area contributed by atoms with E-state index in [-0.39, 0.29) is 29.9 Å². The summed E-state index contributed by atoms with van der Waals surface area (Å²) >= 11 is 1.78. The first kappa shape index (κ1) is 28.9. The molecule has 0 N–H and O–H groups in total. The Morgan fingerprint density at radius 2 is 0.897 bits per heavy atom. The molecule has 11 aromatic rings. The molecule has 11 rings (SSSR count). The third-order valence-electron chi connectivity index (χ3n) is 10.8. The van der Waals surface area contributed by atoms with E-state index in [0.29, 0.717) is 11.4 Å². The number of para-hydroxylation sites is 5. The van der Waals surface area contributed by atoms with E-state index in [1.54, 1.807) is 16.2 Å². The maximum atomic E-state index is 8.92. The van der Waals surface area contributed by atoms with Gasteiger partial charge in [-0.05, 0) is 114 Å². The van der Waals surface area contributed by atoms with Crippen LogP contribution in [0.4, 0.5) is 34.1 Å². The van der Waals surface area contributed by atoms with Crippen LogP contribution in [0.3, 0.4) is 0 Å². The third-order valence-corrected chi connectivity index (χ3v) is 11.9. The van der Waals surface area contributed by atoms with Gasteiger partial charge in [-0.25, -0.2) is 0 Å². The summed E-state index contributed by atoms with van der Waals surface area (Å²) in [5.41, 5.74) is 10.0. The number of rotatable bonds is 8. The van der Waals surface area contributed by atoms with Gasteiger partial charge in [-0.15, -0.1) is 11.3 Å². The van der Waals surface area contributed by atoms with Crippen molar-refractivity contribution in [1.82, 2.24) is 4.57 Å². The van der Waals surface area contributed by atoms with Crippen LogP contribution < -0.4 is 9.80 Å². The fourth-order valence-electron chi connectivity index (χ4n) is 8.23. The molecular weight excluding hydrogens is 723 g/mol. The third kappa shape index (κ3) is 5.90. The van der Waals surface area contributed by atoms with E-state index in [9.17, 15) is 0 Å². The Labute approximate surface area is 348 Å². The molecule has 2 aromatic heterocycles. The molecule has 4 heteroatoms. The Balaban J connectivity index is 1.01. The highest BCUT2D eigenvalue weighted by molar-refractivity contribution is 7.25. The fraction of sp³-hybridized carbons (Fsp3) is 0. The lowest BCUT2D eigenvalue weighted by Crippen LogP contribution is -2.13. The first-order chi connectivity index (χ1) is 30.8. The molecule has 0 aliphatic heterocycles. The van der Waals surface area contributed by atoms with E-state index in [1.165, 1.54) is 42.8 Å². The molecule has 0 unspecified atom stereocenters. The molecular formula is C54H37N3S. The van der Waals surface area contributed by atoms with E-state index >= 15 is 0 Å². The SMILES string of the molecule is [2H]c1c([2H])c([2H])c(N(c2ccccc2)c2cccc(N(c3ccccc3)c3ccc4c(c3)sc3cc(-c5ccc6c(c5)c5ccccc5n6-c5ccccc5)ccc34)c2)c([2H])c1[2H]. The number of nitrogens with zero attached hydrogens (tertiary/aromatic N) is 3. The van der Waals surface area contributed by atoms with Crippen LogP contribution in [-0.4, -0.2) is 4.57 Å². The van der Waals surface area contributed by atoms with Gasteiger partial charge in [0.05, 0.1) is 17.9 Å². The van der Waals surface area contributed by atoms with Crippen LogP contribution in [0.1, 0.15) is 6.85 Å². The highest BCUT2D eigenvalue weighted by Crippen LogP contribution is 2.44. The second kappa shape index (κ2) is 14.3. The van der Waals surface area contributed by atoms with Gasteiger partial charge >= 0.3 is 0 Å². The molecule has 58 heavy (non-hydrogen) atoms. The minimum Gasteiger partial charge on any atom is -0.310 e. The maximum absolute atomic E-state index is 8.92. The second-order valence-electron chi connectivity index (χ2n) is 14.2. The molecule has 0 bridgehead atoms. The van der Waals surface area contributed by atoms with Gasteiger partial charge in [0.15, 0.2) is 0 Å². The molecule has 0 saturated carbocycles. The monoisotopic (exact) mass is 764 g/mol. The van der Waals surface area contributed by atoms with Gasteiger partial charge in [-0.3, -0.25) is 0 Å². The van der Waals surface area contributed by atoms with E-state index < -0.39 is 6.04 Å². The van der Waals surface area contributed by atoms with Gasteiger partial charge in [-0.2, -0.15) is 0 Å². The van der Waals surface area contributed by atoms with Crippen molar-refractivity contribution in [1.29, 1.82) is 0 Å². The Hall–Kier alpha value is -7.40. The lowest BCUT2D eigenvalue weighted by atomic mass is 10.0. The van der Waals surface area contributed by atoms with E-state index in [4.69, 9.17) is 6.85 Å².